The van der Waals surface area contributed by atoms with Crippen molar-refractivity contribution in [2.24, 2.45) is 4.99 Å². The predicted molar refractivity (Wildman–Crippen MR) is 138 cm³/mol. The molecule has 2 N–H and O–H groups in total. The second kappa shape index (κ2) is 12.0. The number of halogens is 3. The summed E-state index contributed by atoms with van der Waals surface area (Å²) in [5, 5.41) is 6.75. The normalized spacial score (nSPS) is 15.9. The zero-order valence-electron chi connectivity index (χ0n) is 18.5. The van der Waals surface area contributed by atoms with Crippen LogP contribution in [0.1, 0.15) is 24.5 Å². The van der Waals surface area contributed by atoms with E-state index in [1.165, 1.54) is 17.7 Å². The fraction of sp³-hybridized carbons (Fsp3) is 0.333. The van der Waals surface area contributed by atoms with Gasteiger partial charge in [-0.1, -0.05) is 24.3 Å². The fourth-order valence-electron chi connectivity index (χ4n) is 3.94. The van der Waals surface area contributed by atoms with Gasteiger partial charge in [-0.15, -0.1) is 24.0 Å². The molecule has 2 aromatic carbocycles. The average Bonchev–Trinajstić information content (AvgIpc) is 3.45. The maximum atomic E-state index is 14.1. The lowest BCUT2D eigenvalue weighted by Gasteiger charge is -2.21. The maximum Gasteiger partial charge on any atom is 0.191 e. The highest BCUT2D eigenvalue weighted by Gasteiger charge is 2.25. The molecule has 1 aromatic heterocycles. The molecule has 6 nitrogen and oxygen atoms in total. The van der Waals surface area contributed by atoms with Crippen molar-refractivity contribution in [3.63, 3.8) is 0 Å². The van der Waals surface area contributed by atoms with Crippen LogP contribution >= 0.6 is 24.0 Å². The highest BCUT2D eigenvalue weighted by molar-refractivity contribution is 14.0. The summed E-state index contributed by atoms with van der Waals surface area (Å²) in [6.45, 7) is 5.43. The van der Waals surface area contributed by atoms with Crippen LogP contribution in [0.5, 0.6) is 0 Å². The van der Waals surface area contributed by atoms with Crippen molar-refractivity contribution in [3.05, 3.63) is 83.9 Å². The third-order valence-corrected chi connectivity index (χ3v) is 5.46. The van der Waals surface area contributed by atoms with Crippen molar-refractivity contribution in [2.75, 3.05) is 24.5 Å². The Morgan fingerprint density at radius 3 is 2.79 bits per heavy atom. The van der Waals surface area contributed by atoms with Crippen LogP contribution in [0.3, 0.4) is 0 Å². The highest BCUT2D eigenvalue weighted by Crippen LogP contribution is 2.24. The van der Waals surface area contributed by atoms with Gasteiger partial charge in [-0.2, -0.15) is 0 Å². The van der Waals surface area contributed by atoms with Crippen molar-refractivity contribution < 1.29 is 8.78 Å². The van der Waals surface area contributed by atoms with Crippen LogP contribution in [0.4, 0.5) is 14.5 Å². The van der Waals surface area contributed by atoms with Gasteiger partial charge in [0.05, 0.1) is 18.6 Å². The molecule has 1 atom stereocenters. The molecule has 1 fully saturated rings. The number of guanidine groups is 1. The molecule has 9 heteroatoms. The Hall–Kier alpha value is -2.69. The number of aromatic nitrogens is 2. The number of rotatable bonds is 7. The summed E-state index contributed by atoms with van der Waals surface area (Å²) in [7, 11) is 0. The molecule has 1 unspecified atom stereocenters. The summed E-state index contributed by atoms with van der Waals surface area (Å²) in [6.07, 6.45) is 6.38. The molecule has 0 bridgehead atoms. The minimum absolute atomic E-state index is 0. The molecule has 0 aliphatic carbocycles. The van der Waals surface area contributed by atoms with Crippen LogP contribution in [0.2, 0.25) is 0 Å². The summed E-state index contributed by atoms with van der Waals surface area (Å²) in [4.78, 5) is 10.8. The van der Waals surface area contributed by atoms with Gasteiger partial charge >= 0.3 is 0 Å². The first-order valence-corrected chi connectivity index (χ1v) is 10.9. The lowest BCUT2D eigenvalue weighted by molar-refractivity contribution is 0.580. The van der Waals surface area contributed by atoms with E-state index in [1.54, 1.807) is 12.5 Å². The van der Waals surface area contributed by atoms with E-state index >= 15 is 0 Å². The summed E-state index contributed by atoms with van der Waals surface area (Å²) in [5.41, 5.74) is 2.76. The lowest BCUT2D eigenvalue weighted by atomic mass is 10.1. The Kier molecular flexibility index (Phi) is 9.04. The third-order valence-electron chi connectivity index (χ3n) is 5.46. The van der Waals surface area contributed by atoms with Crippen LogP contribution in [0.15, 0.2) is 66.2 Å². The molecule has 176 valence electrons. The van der Waals surface area contributed by atoms with Crippen molar-refractivity contribution in [2.45, 2.75) is 32.5 Å². The van der Waals surface area contributed by atoms with Crippen LogP contribution in [-0.4, -0.2) is 41.2 Å². The van der Waals surface area contributed by atoms with Gasteiger partial charge in [-0.25, -0.2) is 18.8 Å². The number of hydrogen-bond acceptors (Lipinski definition) is 3. The Balaban J connectivity index is 0.00000306. The fourth-order valence-corrected chi connectivity index (χ4v) is 3.94. The number of nitrogens with zero attached hydrogens (tertiary/aromatic N) is 4. The Bertz CT molecular complexity index is 1060. The topological polar surface area (TPSA) is 57.5 Å². The quantitative estimate of drug-likeness (QED) is 0.256. The number of imidazole rings is 1. The summed E-state index contributed by atoms with van der Waals surface area (Å²) in [6, 6.07) is 12.2. The number of hydrogen-bond donors (Lipinski definition) is 2. The minimum Gasteiger partial charge on any atom is -0.367 e. The molecule has 3 aromatic rings. The molecule has 1 saturated heterocycles. The molecule has 0 spiro atoms. The van der Waals surface area contributed by atoms with Crippen molar-refractivity contribution in [1.82, 2.24) is 20.2 Å². The number of anilines is 1. The second-order valence-electron chi connectivity index (χ2n) is 7.92. The summed E-state index contributed by atoms with van der Waals surface area (Å²) >= 11 is 0. The van der Waals surface area contributed by atoms with E-state index in [4.69, 9.17) is 4.99 Å². The molecule has 0 saturated carbocycles. The van der Waals surface area contributed by atoms with Gasteiger partial charge < -0.3 is 20.1 Å². The molecule has 33 heavy (non-hydrogen) atoms. The van der Waals surface area contributed by atoms with Crippen molar-refractivity contribution in [1.29, 1.82) is 0 Å². The summed E-state index contributed by atoms with van der Waals surface area (Å²) in [5.74, 6) is -0.350. The Morgan fingerprint density at radius 1 is 1.18 bits per heavy atom. The molecule has 1 aliphatic rings. The zero-order chi connectivity index (χ0) is 22.3. The largest absolute Gasteiger partial charge is 0.367 e. The van der Waals surface area contributed by atoms with Crippen LogP contribution in [-0.2, 0) is 13.1 Å². The molecule has 2 heterocycles. The number of benzene rings is 2. The molecule has 1 aliphatic heterocycles. The van der Waals surface area contributed by atoms with Gasteiger partial charge in [0.15, 0.2) is 5.96 Å². The minimum atomic E-state index is -0.559. The molecular weight excluding hydrogens is 537 g/mol. The standard InChI is InChI=1S/C24H28F2N6.HI/c1-2-28-24(29-14-18-4-3-5-19(12-18)15-31-11-9-27-17-31)30-21-8-10-32(16-21)23-7-6-20(25)13-22(23)26;/h3-7,9,11-13,17,21H,2,8,10,14-16H2,1H3,(H2,28,29,30);1H. The van der Waals surface area contributed by atoms with E-state index in [0.29, 0.717) is 25.3 Å². The Morgan fingerprint density at radius 2 is 2.03 bits per heavy atom. The first-order chi connectivity index (χ1) is 15.6. The molecule has 0 amide bonds. The molecule has 0 radical (unpaired) electrons. The van der Waals surface area contributed by atoms with Gasteiger partial charge in [0.25, 0.3) is 0 Å². The van der Waals surface area contributed by atoms with E-state index in [1.807, 2.05) is 28.7 Å². The van der Waals surface area contributed by atoms with Gasteiger partial charge in [0.2, 0.25) is 0 Å². The van der Waals surface area contributed by atoms with Gasteiger partial charge in [0.1, 0.15) is 11.6 Å². The van der Waals surface area contributed by atoms with E-state index in [-0.39, 0.29) is 30.0 Å². The van der Waals surface area contributed by atoms with Crippen molar-refractivity contribution >= 4 is 35.6 Å². The van der Waals surface area contributed by atoms with Gasteiger partial charge in [-0.3, -0.25) is 0 Å². The van der Waals surface area contributed by atoms with Gasteiger partial charge in [0, 0.05) is 50.7 Å². The van der Waals surface area contributed by atoms with Gasteiger partial charge in [-0.05, 0) is 36.6 Å². The van der Waals surface area contributed by atoms with Crippen LogP contribution in [0, 0.1) is 11.6 Å². The third kappa shape index (κ3) is 6.89. The summed E-state index contributed by atoms with van der Waals surface area (Å²) < 4.78 is 29.4. The van der Waals surface area contributed by atoms with E-state index in [9.17, 15) is 8.78 Å². The Labute approximate surface area is 210 Å². The highest BCUT2D eigenvalue weighted by atomic mass is 127. The predicted octanol–water partition coefficient (Wildman–Crippen LogP) is 4.16. The van der Waals surface area contributed by atoms with Crippen LogP contribution in [0.25, 0.3) is 0 Å². The molecule has 4 rings (SSSR count). The number of aliphatic imine (C=N–C) groups is 1. The SMILES string of the molecule is CCNC(=NCc1cccc(Cn2ccnc2)c1)NC1CCN(c2ccc(F)cc2F)C1.I. The van der Waals surface area contributed by atoms with Crippen LogP contribution < -0.4 is 15.5 Å². The monoisotopic (exact) mass is 566 g/mol. The van der Waals surface area contributed by atoms with Crippen molar-refractivity contribution in [3.8, 4) is 0 Å². The average molecular weight is 566 g/mol. The lowest BCUT2D eigenvalue weighted by Crippen LogP contribution is -2.44. The second-order valence-corrected chi connectivity index (χ2v) is 7.92. The van der Waals surface area contributed by atoms with E-state index < -0.39 is 11.6 Å². The zero-order valence-corrected chi connectivity index (χ0v) is 20.9. The maximum absolute atomic E-state index is 14.1. The van der Waals surface area contributed by atoms with E-state index in [0.717, 1.165) is 37.1 Å². The number of nitrogens with one attached hydrogen (secondary N) is 2. The van der Waals surface area contributed by atoms with E-state index in [2.05, 4.69) is 33.8 Å². The first-order valence-electron chi connectivity index (χ1n) is 10.9. The smallest absolute Gasteiger partial charge is 0.191 e. The molecular formula is C24H29F2IN6. The first kappa shape index (κ1) is 24.9.